The van der Waals surface area contributed by atoms with E-state index in [0.29, 0.717) is 0 Å². The summed E-state index contributed by atoms with van der Waals surface area (Å²) in [6.45, 7) is 4.72. The van der Waals surface area contributed by atoms with Gasteiger partial charge in [-0.15, -0.1) is 0 Å². The largest absolute Gasteiger partial charge is 0.309 e. The molecule has 0 heterocycles. The van der Waals surface area contributed by atoms with E-state index in [9.17, 15) is 0 Å². The van der Waals surface area contributed by atoms with E-state index in [1.165, 1.54) is 77.2 Å². The van der Waals surface area contributed by atoms with Crippen molar-refractivity contribution in [1.29, 1.82) is 0 Å². The summed E-state index contributed by atoms with van der Waals surface area (Å²) in [6, 6.07) is 73.5. The summed E-state index contributed by atoms with van der Waals surface area (Å²) in [5.41, 5.74) is 15.9. The first-order valence-electron chi connectivity index (χ1n) is 18.8. The minimum Gasteiger partial charge on any atom is -0.309 e. The van der Waals surface area contributed by atoms with Gasteiger partial charge in [-0.2, -0.15) is 0 Å². The van der Waals surface area contributed by atoms with E-state index in [2.05, 4.69) is 219 Å². The molecular formula is C53H39N. The number of fused-ring (bicyclic) bond motifs is 5. The molecule has 1 aliphatic rings. The zero-order chi connectivity index (χ0) is 36.2. The molecule has 0 unspecified atom stereocenters. The summed E-state index contributed by atoms with van der Waals surface area (Å²) in [4.78, 5) is 2.47. The van der Waals surface area contributed by atoms with Crippen LogP contribution in [0.1, 0.15) is 25.0 Å². The molecule has 9 aromatic rings. The first-order chi connectivity index (χ1) is 26.5. The topological polar surface area (TPSA) is 3.24 Å². The molecule has 0 saturated carbocycles. The summed E-state index contributed by atoms with van der Waals surface area (Å²) in [5.74, 6) is 0. The van der Waals surface area contributed by atoms with Crippen molar-refractivity contribution in [2.75, 3.05) is 4.90 Å². The molecule has 10 rings (SSSR count). The van der Waals surface area contributed by atoms with E-state index < -0.39 is 0 Å². The van der Waals surface area contributed by atoms with Gasteiger partial charge in [-0.1, -0.05) is 178 Å². The molecule has 1 aliphatic carbocycles. The molecule has 0 aromatic heterocycles. The highest BCUT2D eigenvalue weighted by molar-refractivity contribution is 6.00. The average Bonchev–Trinajstić information content (AvgIpc) is 3.47. The Bertz CT molecular complexity index is 2860. The third-order valence-corrected chi connectivity index (χ3v) is 11.5. The maximum absolute atomic E-state index is 2.47. The van der Waals surface area contributed by atoms with Crippen LogP contribution >= 0.6 is 0 Å². The highest BCUT2D eigenvalue weighted by Gasteiger charge is 2.37. The van der Waals surface area contributed by atoms with Crippen molar-refractivity contribution in [3.63, 3.8) is 0 Å². The molecule has 0 bridgehead atoms. The molecule has 1 heteroatoms. The third-order valence-electron chi connectivity index (χ3n) is 11.5. The van der Waals surface area contributed by atoms with Crippen LogP contribution in [0, 0.1) is 0 Å². The number of anilines is 3. The summed E-state index contributed by atoms with van der Waals surface area (Å²) in [7, 11) is 0. The van der Waals surface area contributed by atoms with Gasteiger partial charge in [0.2, 0.25) is 0 Å². The first kappa shape index (κ1) is 32.0. The van der Waals surface area contributed by atoms with Crippen LogP contribution in [0.4, 0.5) is 17.1 Å². The maximum Gasteiger partial charge on any atom is 0.0540 e. The number of nitrogens with zero attached hydrogens (tertiary/aromatic N) is 1. The normalized spacial score (nSPS) is 12.8. The van der Waals surface area contributed by atoms with Crippen molar-refractivity contribution in [1.82, 2.24) is 0 Å². The molecule has 9 aromatic carbocycles. The molecule has 0 fully saturated rings. The molecule has 0 N–H and O–H groups in total. The Morgan fingerprint density at radius 1 is 0.333 bits per heavy atom. The number of rotatable bonds is 6. The Morgan fingerprint density at radius 3 is 1.52 bits per heavy atom. The second kappa shape index (κ2) is 12.8. The van der Waals surface area contributed by atoms with Gasteiger partial charge in [0.1, 0.15) is 0 Å². The van der Waals surface area contributed by atoms with E-state index in [1.54, 1.807) is 0 Å². The van der Waals surface area contributed by atoms with E-state index in [1.807, 2.05) is 0 Å². The molecule has 0 aliphatic heterocycles. The monoisotopic (exact) mass is 689 g/mol. The second-order valence-electron chi connectivity index (χ2n) is 14.9. The van der Waals surface area contributed by atoms with Crippen molar-refractivity contribution in [2.45, 2.75) is 19.3 Å². The first-order valence-corrected chi connectivity index (χ1v) is 18.8. The average molecular weight is 690 g/mol. The Balaban J connectivity index is 1.18. The Kier molecular flexibility index (Phi) is 7.56. The van der Waals surface area contributed by atoms with Crippen LogP contribution in [0.2, 0.25) is 0 Å². The molecule has 1 nitrogen and oxygen atoms in total. The third kappa shape index (κ3) is 5.24. The standard InChI is InChI=1S/C53H39N/c1-53(2)48-22-10-7-20-47(48)52-46(21-13-23-49(52)53)45-19-9-12-25-51(45)54(43-32-30-38(31-33-43)41-28-26-36-14-3-5-16-39(36)34-41)50-24-11-8-18-44(50)42-29-27-37-15-4-6-17-40(37)35-42/h3-35H,1-2H3. The Hall–Kier alpha value is -6.70. The lowest BCUT2D eigenvalue weighted by atomic mass is 9.82. The van der Waals surface area contributed by atoms with Crippen molar-refractivity contribution in [3.8, 4) is 44.5 Å². The highest BCUT2D eigenvalue weighted by atomic mass is 15.1. The van der Waals surface area contributed by atoms with Crippen molar-refractivity contribution >= 4 is 38.6 Å². The van der Waals surface area contributed by atoms with Gasteiger partial charge >= 0.3 is 0 Å². The molecule has 0 saturated heterocycles. The predicted octanol–water partition coefficient (Wildman–Crippen LogP) is 14.8. The lowest BCUT2D eigenvalue weighted by Gasteiger charge is -2.30. The quantitative estimate of drug-likeness (QED) is 0.168. The van der Waals surface area contributed by atoms with Crippen LogP contribution in [0.3, 0.4) is 0 Å². The predicted molar refractivity (Wildman–Crippen MR) is 230 cm³/mol. The van der Waals surface area contributed by atoms with Gasteiger partial charge in [-0.25, -0.2) is 0 Å². The fraction of sp³-hybridized carbons (Fsp3) is 0.0566. The van der Waals surface area contributed by atoms with Gasteiger partial charge in [0.25, 0.3) is 0 Å². The summed E-state index contributed by atoms with van der Waals surface area (Å²) in [6.07, 6.45) is 0. The van der Waals surface area contributed by atoms with Gasteiger partial charge < -0.3 is 4.90 Å². The van der Waals surface area contributed by atoms with Gasteiger partial charge in [-0.05, 0) is 102 Å². The lowest BCUT2D eigenvalue weighted by Crippen LogP contribution is -2.15. The van der Waals surface area contributed by atoms with E-state index >= 15 is 0 Å². The summed E-state index contributed by atoms with van der Waals surface area (Å²) in [5, 5.41) is 4.98. The van der Waals surface area contributed by atoms with E-state index in [0.717, 1.165) is 17.1 Å². The molecule has 54 heavy (non-hydrogen) atoms. The molecule has 0 amide bonds. The number of para-hydroxylation sites is 2. The van der Waals surface area contributed by atoms with Crippen LogP contribution in [0.15, 0.2) is 200 Å². The highest BCUT2D eigenvalue weighted by Crippen LogP contribution is 2.54. The van der Waals surface area contributed by atoms with E-state index in [4.69, 9.17) is 0 Å². The van der Waals surface area contributed by atoms with Crippen LogP contribution in [0.5, 0.6) is 0 Å². The fourth-order valence-corrected chi connectivity index (χ4v) is 8.72. The van der Waals surface area contributed by atoms with Crippen molar-refractivity contribution in [2.24, 2.45) is 0 Å². The number of hydrogen-bond donors (Lipinski definition) is 0. The molecule has 256 valence electrons. The van der Waals surface area contributed by atoms with Crippen LogP contribution in [-0.4, -0.2) is 0 Å². The minimum absolute atomic E-state index is 0.0855. The second-order valence-corrected chi connectivity index (χ2v) is 14.9. The molecular weight excluding hydrogens is 651 g/mol. The fourth-order valence-electron chi connectivity index (χ4n) is 8.72. The van der Waals surface area contributed by atoms with Crippen LogP contribution in [0.25, 0.3) is 66.1 Å². The Labute approximate surface area is 317 Å². The lowest BCUT2D eigenvalue weighted by molar-refractivity contribution is 0.660. The van der Waals surface area contributed by atoms with Crippen molar-refractivity contribution < 1.29 is 0 Å². The number of benzene rings is 9. The summed E-state index contributed by atoms with van der Waals surface area (Å²) < 4.78 is 0. The van der Waals surface area contributed by atoms with Gasteiger partial charge in [0.15, 0.2) is 0 Å². The molecule has 0 radical (unpaired) electrons. The van der Waals surface area contributed by atoms with Crippen molar-refractivity contribution in [3.05, 3.63) is 211 Å². The number of hydrogen-bond acceptors (Lipinski definition) is 1. The van der Waals surface area contributed by atoms with E-state index in [-0.39, 0.29) is 5.41 Å². The van der Waals surface area contributed by atoms with Crippen LogP contribution < -0.4 is 4.90 Å². The zero-order valence-electron chi connectivity index (χ0n) is 30.5. The van der Waals surface area contributed by atoms with Crippen LogP contribution in [-0.2, 0) is 5.41 Å². The summed E-state index contributed by atoms with van der Waals surface area (Å²) >= 11 is 0. The minimum atomic E-state index is -0.0855. The molecule has 0 spiro atoms. The smallest absolute Gasteiger partial charge is 0.0540 e. The van der Waals surface area contributed by atoms with Gasteiger partial charge in [-0.3, -0.25) is 0 Å². The van der Waals surface area contributed by atoms with Gasteiger partial charge in [0.05, 0.1) is 11.4 Å². The zero-order valence-corrected chi connectivity index (χ0v) is 30.5. The maximum atomic E-state index is 2.47. The van der Waals surface area contributed by atoms with Gasteiger partial charge in [0, 0.05) is 22.2 Å². The Morgan fingerprint density at radius 2 is 0.815 bits per heavy atom. The molecule has 0 atom stereocenters. The SMILES string of the molecule is CC1(C)c2ccccc2-c2c(-c3ccccc3N(c3ccc(-c4ccc5ccccc5c4)cc3)c3ccccc3-c3ccc4ccccc4c3)cccc21.